The second-order valence-corrected chi connectivity index (χ2v) is 6.10. The lowest BCUT2D eigenvalue weighted by Gasteiger charge is -2.32. The van der Waals surface area contributed by atoms with Gasteiger partial charge in [-0.15, -0.1) is 0 Å². The minimum atomic E-state index is -0.247. The number of nitrogens with one attached hydrogen (secondary N) is 3. The smallest absolute Gasteiger partial charge is 0.409 e. The Morgan fingerprint density at radius 1 is 1.30 bits per heavy atom. The molecule has 148 valence electrons. The van der Waals surface area contributed by atoms with Crippen molar-refractivity contribution in [2.24, 2.45) is 4.99 Å². The summed E-state index contributed by atoms with van der Waals surface area (Å²) in [6.45, 7) is 4.54. The second-order valence-electron chi connectivity index (χ2n) is 6.10. The number of aliphatic imine (C=N–C) groups is 1. The van der Waals surface area contributed by atoms with Crippen molar-refractivity contribution < 1.29 is 14.3 Å². The highest BCUT2D eigenvalue weighted by Gasteiger charge is 2.23. The van der Waals surface area contributed by atoms with Crippen LogP contribution in [0.3, 0.4) is 0 Å². The van der Waals surface area contributed by atoms with Crippen molar-refractivity contribution in [1.29, 1.82) is 0 Å². The van der Waals surface area contributed by atoms with E-state index in [4.69, 9.17) is 4.74 Å². The van der Waals surface area contributed by atoms with Crippen molar-refractivity contribution in [3.63, 3.8) is 0 Å². The Labute approximate surface area is 159 Å². The Hall–Kier alpha value is -2.84. The standard InChI is InChI=1S/C18H28N6O3/c1-3-27-18(26)24-11-6-15(7-12-24)23-17(19-2)22-10-9-21-16(25)14-5-4-8-20-13-14/h4-5,8,13,15H,3,6-7,9-12H2,1-2H3,(H,21,25)(H2,19,22,23). The molecule has 0 spiro atoms. The molecule has 0 bridgehead atoms. The van der Waals surface area contributed by atoms with Gasteiger partial charge in [0.15, 0.2) is 5.96 Å². The maximum atomic E-state index is 11.9. The molecule has 0 radical (unpaired) electrons. The van der Waals surface area contributed by atoms with Crippen LogP contribution in [0.5, 0.6) is 0 Å². The summed E-state index contributed by atoms with van der Waals surface area (Å²) < 4.78 is 5.03. The zero-order valence-electron chi connectivity index (χ0n) is 15.9. The fourth-order valence-electron chi connectivity index (χ4n) is 2.77. The van der Waals surface area contributed by atoms with Gasteiger partial charge in [0.05, 0.1) is 12.2 Å². The molecule has 0 unspecified atom stereocenters. The molecule has 2 rings (SSSR count). The van der Waals surface area contributed by atoms with Gasteiger partial charge in [0.1, 0.15) is 0 Å². The first-order valence-corrected chi connectivity index (χ1v) is 9.21. The number of ether oxygens (including phenoxy) is 1. The molecule has 0 atom stereocenters. The molecule has 1 saturated heterocycles. The molecule has 3 N–H and O–H groups in total. The van der Waals surface area contributed by atoms with E-state index in [2.05, 4.69) is 25.9 Å². The van der Waals surface area contributed by atoms with Gasteiger partial charge in [-0.1, -0.05) is 0 Å². The molecule has 0 aliphatic carbocycles. The van der Waals surface area contributed by atoms with E-state index in [9.17, 15) is 9.59 Å². The highest BCUT2D eigenvalue weighted by Crippen LogP contribution is 2.11. The first-order chi connectivity index (χ1) is 13.1. The number of aromatic nitrogens is 1. The Bertz CT molecular complexity index is 629. The molecule has 27 heavy (non-hydrogen) atoms. The third-order valence-corrected chi connectivity index (χ3v) is 4.21. The lowest BCUT2D eigenvalue weighted by Crippen LogP contribution is -2.50. The number of nitrogens with zero attached hydrogens (tertiary/aromatic N) is 3. The Morgan fingerprint density at radius 2 is 2.04 bits per heavy atom. The number of pyridine rings is 1. The van der Waals surface area contributed by atoms with Crippen LogP contribution >= 0.6 is 0 Å². The molecule has 1 aromatic rings. The SMILES string of the molecule is CCOC(=O)N1CCC(NC(=NC)NCCNC(=O)c2cccnc2)CC1. The normalized spacial score (nSPS) is 15.2. The molecular formula is C18H28N6O3. The fraction of sp³-hybridized carbons (Fsp3) is 0.556. The van der Waals surface area contributed by atoms with E-state index in [0.717, 1.165) is 12.8 Å². The summed E-state index contributed by atoms with van der Waals surface area (Å²) in [4.78, 5) is 33.5. The summed E-state index contributed by atoms with van der Waals surface area (Å²) in [5, 5.41) is 9.37. The lowest BCUT2D eigenvalue weighted by atomic mass is 10.1. The summed E-state index contributed by atoms with van der Waals surface area (Å²) >= 11 is 0. The van der Waals surface area contributed by atoms with E-state index in [1.807, 2.05) is 0 Å². The van der Waals surface area contributed by atoms with Crippen LogP contribution in [0.25, 0.3) is 0 Å². The lowest BCUT2D eigenvalue weighted by molar-refractivity contribution is 0.0947. The fourth-order valence-corrected chi connectivity index (χ4v) is 2.77. The van der Waals surface area contributed by atoms with Crippen molar-refractivity contribution >= 4 is 18.0 Å². The van der Waals surface area contributed by atoms with E-state index in [0.29, 0.717) is 44.3 Å². The van der Waals surface area contributed by atoms with Crippen molar-refractivity contribution in [2.45, 2.75) is 25.8 Å². The zero-order valence-corrected chi connectivity index (χ0v) is 15.9. The Balaban J connectivity index is 1.65. The van der Waals surface area contributed by atoms with E-state index in [1.165, 1.54) is 6.20 Å². The van der Waals surface area contributed by atoms with Crippen LogP contribution < -0.4 is 16.0 Å². The molecule has 9 nitrogen and oxygen atoms in total. The van der Waals surface area contributed by atoms with Crippen LogP contribution in [0.4, 0.5) is 4.79 Å². The van der Waals surface area contributed by atoms with Crippen LogP contribution in [-0.4, -0.2) is 73.7 Å². The Kier molecular flexibility index (Phi) is 8.34. The van der Waals surface area contributed by atoms with Crippen molar-refractivity contribution in [3.05, 3.63) is 30.1 Å². The van der Waals surface area contributed by atoms with Crippen LogP contribution in [-0.2, 0) is 4.74 Å². The van der Waals surface area contributed by atoms with Gasteiger partial charge in [0.2, 0.25) is 0 Å². The minimum Gasteiger partial charge on any atom is -0.450 e. The molecule has 1 aliphatic rings. The largest absolute Gasteiger partial charge is 0.450 e. The van der Waals surface area contributed by atoms with Crippen molar-refractivity contribution in [1.82, 2.24) is 25.8 Å². The van der Waals surface area contributed by atoms with Gasteiger partial charge < -0.3 is 25.6 Å². The zero-order chi connectivity index (χ0) is 19.5. The highest BCUT2D eigenvalue weighted by molar-refractivity contribution is 5.93. The molecule has 1 aliphatic heterocycles. The van der Waals surface area contributed by atoms with Gasteiger partial charge in [-0.3, -0.25) is 14.8 Å². The van der Waals surface area contributed by atoms with Crippen molar-refractivity contribution in [2.75, 3.05) is 39.8 Å². The number of hydrogen-bond donors (Lipinski definition) is 3. The average Bonchev–Trinajstić information content (AvgIpc) is 2.71. The predicted molar refractivity (Wildman–Crippen MR) is 103 cm³/mol. The molecule has 0 aromatic carbocycles. The minimum absolute atomic E-state index is 0.154. The number of hydrogen-bond acceptors (Lipinski definition) is 5. The first kappa shape index (κ1) is 20.5. The summed E-state index contributed by atoms with van der Waals surface area (Å²) in [6, 6.07) is 3.69. The van der Waals surface area contributed by atoms with Gasteiger partial charge in [-0.05, 0) is 31.9 Å². The third-order valence-electron chi connectivity index (χ3n) is 4.21. The predicted octanol–water partition coefficient (Wildman–Crippen LogP) is 0.597. The van der Waals surface area contributed by atoms with E-state index in [1.54, 1.807) is 37.2 Å². The summed E-state index contributed by atoms with van der Waals surface area (Å²) in [7, 11) is 1.71. The number of piperidine rings is 1. The average molecular weight is 376 g/mol. The van der Waals surface area contributed by atoms with Gasteiger partial charge in [0, 0.05) is 51.7 Å². The van der Waals surface area contributed by atoms with Gasteiger partial charge in [-0.25, -0.2) is 4.79 Å². The van der Waals surface area contributed by atoms with E-state index in [-0.39, 0.29) is 18.0 Å². The molecule has 2 amide bonds. The number of carbonyl (C=O) groups is 2. The monoisotopic (exact) mass is 376 g/mol. The van der Waals surface area contributed by atoms with Crippen LogP contribution in [0.2, 0.25) is 0 Å². The molecule has 2 heterocycles. The summed E-state index contributed by atoms with van der Waals surface area (Å²) in [6.07, 6.45) is 4.58. The van der Waals surface area contributed by atoms with Crippen molar-refractivity contribution in [3.8, 4) is 0 Å². The summed E-state index contributed by atoms with van der Waals surface area (Å²) in [5.74, 6) is 0.527. The maximum Gasteiger partial charge on any atom is 0.409 e. The van der Waals surface area contributed by atoms with E-state index < -0.39 is 0 Å². The quantitative estimate of drug-likeness (QED) is 0.381. The molecule has 0 saturated carbocycles. The maximum absolute atomic E-state index is 11.9. The number of guanidine groups is 1. The molecule has 1 fully saturated rings. The van der Waals surface area contributed by atoms with Crippen LogP contribution in [0, 0.1) is 0 Å². The number of likely N-dealkylation sites (tertiary alicyclic amines) is 1. The summed E-state index contributed by atoms with van der Waals surface area (Å²) in [5.41, 5.74) is 0.536. The Morgan fingerprint density at radius 3 is 2.67 bits per heavy atom. The highest BCUT2D eigenvalue weighted by atomic mass is 16.6. The number of rotatable bonds is 6. The molecule has 1 aromatic heterocycles. The molecule has 9 heteroatoms. The van der Waals surface area contributed by atoms with Gasteiger partial charge in [-0.2, -0.15) is 0 Å². The topological polar surface area (TPSA) is 108 Å². The van der Waals surface area contributed by atoms with Crippen LogP contribution in [0.1, 0.15) is 30.1 Å². The van der Waals surface area contributed by atoms with Gasteiger partial charge in [0.25, 0.3) is 5.91 Å². The van der Waals surface area contributed by atoms with Crippen LogP contribution in [0.15, 0.2) is 29.5 Å². The van der Waals surface area contributed by atoms with Gasteiger partial charge >= 0.3 is 6.09 Å². The number of carbonyl (C=O) groups excluding carboxylic acids is 2. The number of amides is 2. The van der Waals surface area contributed by atoms with E-state index >= 15 is 0 Å². The molecular weight excluding hydrogens is 348 g/mol. The first-order valence-electron chi connectivity index (χ1n) is 9.21. The second kappa shape index (κ2) is 11.0. The third kappa shape index (κ3) is 6.76.